The Hall–Kier alpha value is -0.940. The van der Waals surface area contributed by atoms with Crippen LogP contribution in [0.25, 0.3) is 0 Å². The van der Waals surface area contributed by atoms with Crippen LogP contribution in [0.3, 0.4) is 0 Å². The third-order valence-electron chi connectivity index (χ3n) is 2.02. The maximum Gasteiger partial charge on any atom is 0.237 e. The van der Waals surface area contributed by atoms with Crippen LogP contribution in [0.15, 0.2) is 23.0 Å². The Morgan fingerprint density at radius 1 is 1.73 bits per heavy atom. The van der Waals surface area contributed by atoms with E-state index < -0.39 is 6.04 Å². The first-order valence-corrected chi connectivity index (χ1v) is 6.16. The van der Waals surface area contributed by atoms with Gasteiger partial charge in [0, 0.05) is 12.1 Å². The quantitative estimate of drug-likeness (QED) is 0.761. The van der Waals surface area contributed by atoms with E-state index in [4.69, 9.17) is 10.2 Å². The SMILES string of the molecule is CSCC[C@H](N)C(=O)NCc1ccoc1. The molecule has 0 bridgehead atoms. The molecule has 0 radical (unpaired) electrons. The highest BCUT2D eigenvalue weighted by Crippen LogP contribution is 2.01. The number of carbonyl (C=O) groups is 1. The Labute approximate surface area is 93.6 Å². The summed E-state index contributed by atoms with van der Waals surface area (Å²) in [5.41, 5.74) is 6.64. The maximum absolute atomic E-state index is 11.5. The highest BCUT2D eigenvalue weighted by Gasteiger charge is 2.12. The number of thioether (sulfide) groups is 1. The van der Waals surface area contributed by atoms with E-state index in [0.29, 0.717) is 13.0 Å². The largest absolute Gasteiger partial charge is 0.472 e. The van der Waals surface area contributed by atoms with Crippen molar-refractivity contribution in [3.8, 4) is 0 Å². The zero-order chi connectivity index (χ0) is 11.1. The van der Waals surface area contributed by atoms with Gasteiger partial charge in [0.25, 0.3) is 0 Å². The minimum atomic E-state index is -0.413. The first-order valence-electron chi connectivity index (χ1n) is 4.77. The summed E-state index contributed by atoms with van der Waals surface area (Å²) in [5, 5.41) is 2.76. The number of amides is 1. The van der Waals surface area contributed by atoms with Gasteiger partial charge in [-0.05, 0) is 24.5 Å². The predicted molar refractivity (Wildman–Crippen MR) is 61.5 cm³/mol. The highest BCUT2D eigenvalue weighted by atomic mass is 32.2. The van der Waals surface area contributed by atoms with E-state index in [9.17, 15) is 4.79 Å². The number of nitrogens with one attached hydrogen (secondary N) is 1. The lowest BCUT2D eigenvalue weighted by Crippen LogP contribution is -2.40. The van der Waals surface area contributed by atoms with Gasteiger partial charge in [-0.1, -0.05) is 0 Å². The lowest BCUT2D eigenvalue weighted by molar-refractivity contribution is -0.122. The molecule has 0 unspecified atom stereocenters. The van der Waals surface area contributed by atoms with Crippen LogP contribution in [0.1, 0.15) is 12.0 Å². The molecule has 1 heterocycles. The van der Waals surface area contributed by atoms with Gasteiger partial charge in [-0.15, -0.1) is 0 Å². The Balaban J connectivity index is 2.23. The molecule has 84 valence electrons. The highest BCUT2D eigenvalue weighted by molar-refractivity contribution is 7.98. The number of carbonyl (C=O) groups excluding carboxylic acids is 1. The molecular formula is C10H16N2O2S. The normalized spacial score (nSPS) is 12.4. The molecule has 0 aromatic carbocycles. The van der Waals surface area contributed by atoms with Gasteiger partial charge in [-0.3, -0.25) is 4.79 Å². The second kappa shape index (κ2) is 6.53. The van der Waals surface area contributed by atoms with Crippen LogP contribution >= 0.6 is 11.8 Å². The molecule has 0 aliphatic carbocycles. The molecule has 0 saturated heterocycles. The van der Waals surface area contributed by atoms with Crippen molar-refractivity contribution >= 4 is 17.7 Å². The van der Waals surface area contributed by atoms with Gasteiger partial charge in [-0.2, -0.15) is 11.8 Å². The molecule has 1 rings (SSSR count). The summed E-state index contributed by atoms with van der Waals surface area (Å²) in [6.45, 7) is 0.475. The monoisotopic (exact) mass is 228 g/mol. The number of furan rings is 1. The molecule has 0 fully saturated rings. The average molecular weight is 228 g/mol. The smallest absolute Gasteiger partial charge is 0.237 e. The summed E-state index contributed by atoms with van der Waals surface area (Å²) >= 11 is 1.69. The fraction of sp³-hybridized carbons (Fsp3) is 0.500. The molecule has 1 atom stereocenters. The van der Waals surface area contributed by atoms with Gasteiger partial charge >= 0.3 is 0 Å². The summed E-state index contributed by atoms with van der Waals surface area (Å²) in [7, 11) is 0. The van der Waals surface area contributed by atoms with E-state index in [1.165, 1.54) is 0 Å². The zero-order valence-corrected chi connectivity index (χ0v) is 9.55. The van der Waals surface area contributed by atoms with Crippen LogP contribution in [0.2, 0.25) is 0 Å². The number of rotatable bonds is 6. The van der Waals surface area contributed by atoms with E-state index in [1.54, 1.807) is 24.3 Å². The number of nitrogens with two attached hydrogens (primary N) is 1. The topological polar surface area (TPSA) is 68.3 Å². The van der Waals surface area contributed by atoms with Crippen molar-refractivity contribution in [1.82, 2.24) is 5.32 Å². The third kappa shape index (κ3) is 4.40. The van der Waals surface area contributed by atoms with E-state index in [2.05, 4.69) is 5.32 Å². The summed E-state index contributed by atoms with van der Waals surface area (Å²) in [6, 6.07) is 1.40. The predicted octanol–water partition coefficient (Wildman–Crippen LogP) is 0.976. The minimum absolute atomic E-state index is 0.106. The van der Waals surface area contributed by atoms with Gasteiger partial charge in [-0.25, -0.2) is 0 Å². The average Bonchev–Trinajstić information content (AvgIpc) is 2.75. The van der Waals surface area contributed by atoms with Gasteiger partial charge in [0.15, 0.2) is 0 Å². The van der Waals surface area contributed by atoms with Crippen LogP contribution < -0.4 is 11.1 Å². The zero-order valence-electron chi connectivity index (χ0n) is 8.73. The number of hydrogen-bond acceptors (Lipinski definition) is 4. The summed E-state index contributed by atoms with van der Waals surface area (Å²) in [6.07, 6.45) is 5.89. The van der Waals surface area contributed by atoms with Crippen LogP contribution in [0, 0.1) is 0 Å². The third-order valence-corrected chi connectivity index (χ3v) is 2.66. The molecule has 3 N–H and O–H groups in total. The van der Waals surface area contributed by atoms with Crippen molar-refractivity contribution < 1.29 is 9.21 Å². The fourth-order valence-electron chi connectivity index (χ4n) is 1.09. The molecule has 1 amide bonds. The molecule has 4 nitrogen and oxygen atoms in total. The second-order valence-electron chi connectivity index (χ2n) is 3.24. The Morgan fingerprint density at radius 2 is 2.53 bits per heavy atom. The van der Waals surface area contributed by atoms with Crippen LogP contribution in [-0.2, 0) is 11.3 Å². The van der Waals surface area contributed by atoms with E-state index in [-0.39, 0.29) is 5.91 Å². The molecule has 0 spiro atoms. The van der Waals surface area contributed by atoms with Crippen LogP contribution in [0.5, 0.6) is 0 Å². The lowest BCUT2D eigenvalue weighted by atomic mass is 10.2. The van der Waals surface area contributed by atoms with E-state index in [1.807, 2.05) is 12.3 Å². The fourth-order valence-corrected chi connectivity index (χ4v) is 1.58. The first-order chi connectivity index (χ1) is 7.24. The Bertz CT molecular complexity index is 288. The molecule has 1 aromatic heterocycles. The molecular weight excluding hydrogens is 212 g/mol. The standard InChI is InChI=1S/C10H16N2O2S/c1-15-5-3-9(11)10(13)12-6-8-2-4-14-7-8/h2,4,7,9H,3,5-6,11H2,1H3,(H,12,13)/t9-/m0/s1. The number of hydrogen-bond donors (Lipinski definition) is 2. The molecule has 1 aromatic rings. The minimum Gasteiger partial charge on any atom is -0.472 e. The van der Waals surface area contributed by atoms with Crippen molar-refractivity contribution in [2.24, 2.45) is 5.73 Å². The van der Waals surface area contributed by atoms with Gasteiger partial charge in [0.1, 0.15) is 0 Å². The van der Waals surface area contributed by atoms with Crippen molar-refractivity contribution in [2.75, 3.05) is 12.0 Å². The van der Waals surface area contributed by atoms with E-state index in [0.717, 1.165) is 11.3 Å². The molecule has 0 aliphatic heterocycles. The van der Waals surface area contributed by atoms with Crippen LogP contribution in [0.4, 0.5) is 0 Å². The molecule has 0 aliphatic rings. The summed E-state index contributed by atoms with van der Waals surface area (Å²) < 4.78 is 4.89. The summed E-state index contributed by atoms with van der Waals surface area (Å²) in [5.74, 6) is 0.797. The Morgan fingerprint density at radius 3 is 3.13 bits per heavy atom. The van der Waals surface area contributed by atoms with Crippen molar-refractivity contribution in [1.29, 1.82) is 0 Å². The van der Waals surface area contributed by atoms with Crippen molar-refractivity contribution in [3.05, 3.63) is 24.2 Å². The first kappa shape index (κ1) is 12.1. The lowest BCUT2D eigenvalue weighted by Gasteiger charge is -2.10. The Kier molecular flexibility index (Phi) is 5.28. The maximum atomic E-state index is 11.5. The summed E-state index contributed by atoms with van der Waals surface area (Å²) in [4.78, 5) is 11.5. The molecule has 5 heteroatoms. The second-order valence-corrected chi connectivity index (χ2v) is 4.22. The van der Waals surface area contributed by atoms with Crippen molar-refractivity contribution in [3.63, 3.8) is 0 Å². The van der Waals surface area contributed by atoms with Gasteiger partial charge in [0.05, 0.1) is 18.6 Å². The molecule has 0 saturated carbocycles. The van der Waals surface area contributed by atoms with Gasteiger partial charge in [0.2, 0.25) is 5.91 Å². The molecule has 15 heavy (non-hydrogen) atoms. The van der Waals surface area contributed by atoms with Crippen molar-refractivity contribution in [2.45, 2.75) is 19.0 Å². The van der Waals surface area contributed by atoms with E-state index >= 15 is 0 Å². The van der Waals surface area contributed by atoms with Gasteiger partial charge < -0.3 is 15.5 Å². The van der Waals surface area contributed by atoms with Crippen LogP contribution in [-0.4, -0.2) is 24.0 Å².